The molecule has 7 nitrogen and oxygen atoms in total. The maximum Gasteiger partial charge on any atom is 0.358 e. The number of hydrogen-bond acceptors (Lipinski definition) is 7. The fourth-order valence-corrected chi connectivity index (χ4v) is 1.76. The second-order valence-electron chi connectivity index (χ2n) is 3.93. The third kappa shape index (κ3) is 2.74. The number of nitrogens with zero attached hydrogens (tertiary/aromatic N) is 3. The summed E-state index contributed by atoms with van der Waals surface area (Å²) in [6.07, 6.45) is 2.99. The zero-order valence-electron chi connectivity index (χ0n) is 10.2. The standard InChI is InChI=1S/C11H16N4O3/c1-17-11(16)9-5-14-10(6-13-9)15-2-3-18-8(4-12)7-15/h5-6,8H,2-4,7,12H2,1H3. The normalized spacial score (nSPS) is 19.7. The number of ether oxygens (including phenoxy) is 2. The Morgan fingerprint density at radius 1 is 1.61 bits per heavy atom. The van der Waals surface area contributed by atoms with Crippen LogP contribution in [0.1, 0.15) is 10.5 Å². The van der Waals surface area contributed by atoms with E-state index in [0.717, 1.165) is 6.54 Å². The summed E-state index contributed by atoms with van der Waals surface area (Å²) in [6.45, 7) is 2.51. The first-order chi connectivity index (χ1) is 8.74. The average molecular weight is 252 g/mol. The van der Waals surface area contributed by atoms with Crippen molar-refractivity contribution < 1.29 is 14.3 Å². The number of carbonyl (C=O) groups is 1. The number of esters is 1. The molecule has 2 N–H and O–H groups in total. The van der Waals surface area contributed by atoms with Crippen molar-refractivity contribution >= 4 is 11.8 Å². The molecule has 0 bridgehead atoms. The fraction of sp³-hybridized carbons (Fsp3) is 0.545. The molecule has 0 aliphatic carbocycles. The van der Waals surface area contributed by atoms with Gasteiger partial charge < -0.3 is 20.1 Å². The van der Waals surface area contributed by atoms with Crippen LogP contribution in [0.25, 0.3) is 0 Å². The molecule has 2 rings (SSSR count). The second kappa shape index (κ2) is 5.74. The van der Waals surface area contributed by atoms with Gasteiger partial charge in [-0.3, -0.25) is 0 Å². The number of anilines is 1. The Balaban J connectivity index is 2.07. The third-order valence-corrected chi connectivity index (χ3v) is 2.76. The molecule has 1 saturated heterocycles. The minimum Gasteiger partial charge on any atom is -0.464 e. The monoisotopic (exact) mass is 252 g/mol. The van der Waals surface area contributed by atoms with Gasteiger partial charge in [-0.2, -0.15) is 0 Å². The van der Waals surface area contributed by atoms with Gasteiger partial charge in [0.1, 0.15) is 5.82 Å². The van der Waals surface area contributed by atoms with Crippen LogP contribution < -0.4 is 10.6 Å². The van der Waals surface area contributed by atoms with Gasteiger partial charge >= 0.3 is 5.97 Å². The largest absolute Gasteiger partial charge is 0.464 e. The molecule has 1 fully saturated rings. The smallest absolute Gasteiger partial charge is 0.358 e. The van der Waals surface area contributed by atoms with E-state index in [1.807, 2.05) is 4.90 Å². The first-order valence-electron chi connectivity index (χ1n) is 5.71. The van der Waals surface area contributed by atoms with E-state index >= 15 is 0 Å². The quantitative estimate of drug-likeness (QED) is 0.720. The van der Waals surface area contributed by atoms with E-state index < -0.39 is 5.97 Å². The highest BCUT2D eigenvalue weighted by molar-refractivity contribution is 5.86. The van der Waals surface area contributed by atoms with Crippen LogP contribution in [0.3, 0.4) is 0 Å². The minimum atomic E-state index is -0.490. The molecule has 1 unspecified atom stereocenters. The Hall–Kier alpha value is -1.73. The zero-order valence-corrected chi connectivity index (χ0v) is 10.2. The van der Waals surface area contributed by atoms with Crippen molar-refractivity contribution in [2.75, 3.05) is 38.3 Å². The van der Waals surface area contributed by atoms with Gasteiger partial charge in [-0.05, 0) is 0 Å². The molecule has 98 valence electrons. The highest BCUT2D eigenvalue weighted by atomic mass is 16.5. The van der Waals surface area contributed by atoms with Crippen molar-refractivity contribution in [1.82, 2.24) is 9.97 Å². The number of nitrogens with two attached hydrogens (primary N) is 1. The maximum absolute atomic E-state index is 11.2. The van der Waals surface area contributed by atoms with E-state index in [-0.39, 0.29) is 11.8 Å². The van der Waals surface area contributed by atoms with Crippen molar-refractivity contribution in [3.05, 3.63) is 18.1 Å². The molecule has 1 aromatic rings. The lowest BCUT2D eigenvalue weighted by atomic mass is 10.3. The third-order valence-electron chi connectivity index (χ3n) is 2.76. The Bertz CT molecular complexity index is 409. The summed E-state index contributed by atoms with van der Waals surface area (Å²) in [5, 5.41) is 0. The summed E-state index contributed by atoms with van der Waals surface area (Å²) >= 11 is 0. The van der Waals surface area contributed by atoms with Crippen molar-refractivity contribution in [1.29, 1.82) is 0 Å². The molecule has 7 heteroatoms. The van der Waals surface area contributed by atoms with Gasteiger partial charge in [-0.15, -0.1) is 0 Å². The molecular formula is C11H16N4O3. The SMILES string of the molecule is COC(=O)c1cnc(N2CCOC(CN)C2)cn1. The molecule has 1 aromatic heterocycles. The number of morpholine rings is 1. The summed E-state index contributed by atoms with van der Waals surface area (Å²) in [5.74, 6) is 0.222. The summed E-state index contributed by atoms with van der Waals surface area (Å²) in [5.41, 5.74) is 5.78. The Labute approximate surface area is 105 Å². The van der Waals surface area contributed by atoms with Crippen LogP contribution in [0.2, 0.25) is 0 Å². The highest BCUT2D eigenvalue weighted by Gasteiger charge is 2.20. The van der Waals surface area contributed by atoms with E-state index in [1.165, 1.54) is 13.3 Å². The molecule has 1 atom stereocenters. The Morgan fingerprint density at radius 3 is 3.06 bits per heavy atom. The molecule has 0 aromatic carbocycles. The predicted molar refractivity (Wildman–Crippen MR) is 64.4 cm³/mol. The molecule has 0 amide bonds. The first kappa shape index (κ1) is 12.7. The van der Waals surface area contributed by atoms with Crippen molar-refractivity contribution in [2.45, 2.75) is 6.10 Å². The molecule has 2 heterocycles. The molecular weight excluding hydrogens is 236 g/mol. The lowest BCUT2D eigenvalue weighted by Gasteiger charge is -2.32. The van der Waals surface area contributed by atoms with E-state index in [9.17, 15) is 4.79 Å². The second-order valence-corrected chi connectivity index (χ2v) is 3.93. The van der Waals surface area contributed by atoms with Gasteiger partial charge in [0, 0.05) is 19.6 Å². The van der Waals surface area contributed by atoms with E-state index in [2.05, 4.69) is 14.7 Å². The van der Waals surface area contributed by atoms with Crippen molar-refractivity contribution in [3.63, 3.8) is 0 Å². The van der Waals surface area contributed by atoms with Crippen LogP contribution in [0.15, 0.2) is 12.4 Å². The van der Waals surface area contributed by atoms with Gasteiger partial charge in [-0.25, -0.2) is 14.8 Å². The van der Waals surface area contributed by atoms with Crippen LogP contribution in [0, 0.1) is 0 Å². The van der Waals surface area contributed by atoms with Crippen LogP contribution >= 0.6 is 0 Å². The van der Waals surface area contributed by atoms with Gasteiger partial charge in [0.15, 0.2) is 5.69 Å². The zero-order chi connectivity index (χ0) is 13.0. The number of rotatable bonds is 3. The molecule has 0 saturated carbocycles. The summed E-state index contributed by atoms with van der Waals surface area (Å²) in [6, 6.07) is 0. The summed E-state index contributed by atoms with van der Waals surface area (Å²) < 4.78 is 10.0. The van der Waals surface area contributed by atoms with Crippen molar-refractivity contribution in [3.8, 4) is 0 Å². The number of aromatic nitrogens is 2. The number of carbonyl (C=O) groups excluding carboxylic acids is 1. The minimum absolute atomic E-state index is 0.0147. The van der Waals surface area contributed by atoms with Gasteiger partial charge in [0.05, 0.1) is 32.2 Å². The summed E-state index contributed by atoms with van der Waals surface area (Å²) in [4.78, 5) is 21.5. The van der Waals surface area contributed by atoms with Crippen LogP contribution in [0.4, 0.5) is 5.82 Å². The molecule has 1 aliphatic rings. The molecule has 1 aliphatic heterocycles. The number of methoxy groups -OCH3 is 1. The Kier molecular flexibility index (Phi) is 4.06. The lowest BCUT2D eigenvalue weighted by Crippen LogP contribution is -2.46. The molecule has 0 spiro atoms. The van der Waals surface area contributed by atoms with Crippen LogP contribution in [-0.4, -0.2) is 55.4 Å². The van der Waals surface area contributed by atoms with Crippen molar-refractivity contribution in [2.24, 2.45) is 5.73 Å². The first-order valence-corrected chi connectivity index (χ1v) is 5.71. The topological polar surface area (TPSA) is 90.6 Å². The van der Waals surface area contributed by atoms with Gasteiger partial charge in [0.25, 0.3) is 0 Å². The lowest BCUT2D eigenvalue weighted by molar-refractivity contribution is 0.0462. The molecule has 0 radical (unpaired) electrons. The van der Waals surface area contributed by atoms with Crippen LogP contribution in [0.5, 0.6) is 0 Å². The van der Waals surface area contributed by atoms with E-state index in [1.54, 1.807) is 6.20 Å². The Morgan fingerprint density at radius 2 is 2.44 bits per heavy atom. The van der Waals surface area contributed by atoms with E-state index in [0.29, 0.717) is 25.5 Å². The molecule has 18 heavy (non-hydrogen) atoms. The number of hydrogen-bond donors (Lipinski definition) is 1. The maximum atomic E-state index is 11.2. The highest BCUT2D eigenvalue weighted by Crippen LogP contribution is 2.13. The predicted octanol–water partition coefficient (Wildman–Crippen LogP) is -0.573. The van der Waals surface area contributed by atoms with Gasteiger partial charge in [0.2, 0.25) is 0 Å². The summed E-state index contributed by atoms with van der Waals surface area (Å²) in [7, 11) is 1.31. The van der Waals surface area contributed by atoms with Gasteiger partial charge in [-0.1, -0.05) is 0 Å². The van der Waals surface area contributed by atoms with Crippen LogP contribution in [-0.2, 0) is 9.47 Å². The van der Waals surface area contributed by atoms with E-state index in [4.69, 9.17) is 10.5 Å². The fourth-order valence-electron chi connectivity index (χ4n) is 1.76. The average Bonchev–Trinajstić information content (AvgIpc) is 2.46.